The van der Waals surface area contributed by atoms with E-state index in [0.717, 1.165) is 61.9 Å². The van der Waals surface area contributed by atoms with Crippen molar-refractivity contribution in [2.45, 2.75) is 46.5 Å². The molecule has 0 aromatic heterocycles. The molecule has 0 unspecified atom stereocenters. The number of rotatable bonds is 6. The van der Waals surface area contributed by atoms with Crippen LogP contribution in [0.25, 0.3) is 0 Å². The van der Waals surface area contributed by atoms with Crippen LogP contribution < -0.4 is 18.9 Å². The molecule has 0 bridgehead atoms. The lowest BCUT2D eigenvalue weighted by atomic mass is 10.0. The van der Waals surface area contributed by atoms with E-state index >= 15 is 0 Å². The highest BCUT2D eigenvalue weighted by Gasteiger charge is 2.16. The summed E-state index contributed by atoms with van der Waals surface area (Å²) in [4.78, 5) is 0. The standard InChI is InChI=1S/C15H18O2.C12H12O2/c1-3-5-8-16-14-11-15-13(7-9-17-15)10-12(14)6-4-2;1-2-3-7-13-11-4-5-12-10(9-11)6-8-14-12/h10-11H,4,6-9H2,1-2H3;4-5,9H,6-8H2,1H3. The van der Waals surface area contributed by atoms with Gasteiger partial charge in [-0.05, 0) is 55.7 Å². The molecular formula is C27H30O4. The second kappa shape index (κ2) is 11.8. The highest BCUT2D eigenvalue weighted by atomic mass is 16.5. The summed E-state index contributed by atoms with van der Waals surface area (Å²) >= 11 is 0. The van der Waals surface area contributed by atoms with Gasteiger partial charge in [0.2, 0.25) is 0 Å². The van der Waals surface area contributed by atoms with Crippen molar-refractivity contribution in [2.24, 2.45) is 0 Å². The maximum Gasteiger partial charge on any atom is 0.149 e. The van der Waals surface area contributed by atoms with Gasteiger partial charge < -0.3 is 18.9 Å². The van der Waals surface area contributed by atoms with Crippen molar-refractivity contribution in [1.82, 2.24) is 0 Å². The minimum atomic E-state index is 0.450. The predicted molar refractivity (Wildman–Crippen MR) is 123 cm³/mol. The van der Waals surface area contributed by atoms with Crippen LogP contribution in [0.1, 0.15) is 43.9 Å². The van der Waals surface area contributed by atoms with Crippen molar-refractivity contribution in [3.8, 4) is 46.7 Å². The average Bonchev–Trinajstić information content (AvgIpc) is 3.43. The summed E-state index contributed by atoms with van der Waals surface area (Å²) in [6.07, 6.45) is 4.16. The molecule has 2 aliphatic rings. The van der Waals surface area contributed by atoms with Crippen molar-refractivity contribution >= 4 is 0 Å². The molecule has 4 rings (SSSR count). The Bertz CT molecular complexity index is 1000. The Morgan fingerprint density at radius 3 is 2.23 bits per heavy atom. The number of fused-ring (bicyclic) bond motifs is 2. The lowest BCUT2D eigenvalue weighted by molar-refractivity contribution is 0.345. The molecule has 0 saturated carbocycles. The average molecular weight is 419 g/mol. The van der Waals surface area contributed by atoms with Gasteiger partial charge in [0.1, 0.15) is 36.2 Å². The number of ether oxygens (including phenoxy) is 4. The molecule has 0 amide bonds. The van der Waals surface area contributed by atoms with Crippen LogP contribution in [-0.4, -0.2) is 26.4 Å². The molecule has 0 fully saturated rings. The monoisotopic (exact) mass is 418 g/mol. The third kappa shape index (κ3) is 6.37. The fourth-order valence-corrected chi connectivity index (χ4v) is 3.49. The molecule has 2 aromatic carbocycles. The van der Waals surface area contributed by atoms with Gasteiger partial charge in [-0.25, -0.2) is 0 Å². The van der Waals surface area contributed by atoms with E-state index < -0.39 is 0 Å². The van der Waals surface area contributed by atoms with Crippen LogP contribution in [0.4, 0.5) is 0 Å². The first-order valence-corrected chi connectivity index (χ1v) is 10.8. The Morgan fingerprint density at radius 2 is 1.52 bits per heavy atom. The van der Waals surface area contributed by atoms with Gasteiger partial charge in [0.05, 0.1) is 13.2 Å². The normalized spacial score (nSPS) is 12.4. The fourth-order valence-electron chi connectivity index (χ4n) is 3.49. The predicted octanol–water partition coefficient (Wildman–Crippen LogP) is 5.00. The molecule has 0 radical (unpaired) electrons. The number of benzene rings is 2. The number of aryl methyl sites for hydroxylation is 1. The van der Waals surface area contributed by atoms with Gasteiger partial charge in [0, 0.05) is 24.5 Å². The van der Waals surface area contributed by atoms with E-state index in [9.17, 15) is 0 Å². The van der Waals surface area contributed by atoms with E-state index in [1.807, 2.05) is 31.2 Å². The molecule has 2 aromatic rings. The molecule has 0 aliphatic carbocycles. The number of hydrogen-bond acceptors (Lipinski definition) is 4. The largest absolute Gasteiger partial charge is 0.493 e. The van der Waals surface area contributed by atoms with Gasteiger partial charge in [-0.1, -0.05) is 25.2 Å². The lowest BCUT2D eigenvalue weighted by Crippen LogP contribution is -1.99. The lowest BCUT2D eigenvalue weighted by Gasteiger charge is -2.11. The first kappa shape index (κ1) is 22.4. The molecule has 4 heteroatoms. The van der Waals surface area contributed by atoms with Gasteiger partial charge in [-0.2, -0.15) is 0 Å². The summed E-state index contributed by atoms with van der Waals surface area (Å²) in [5.74, 6) is 15.2. The summed E-state index contributed by atoms with van der Waals surface area (Å²) in [6, 6.07) is 10.1. The summed E-state index contributed by atoms with van der Waals surface area (Å²) < 4.78 is 22.1. The Hall–Kier alpha value is -3.24. The van der Waals surface area contributed by atoms with Gasteiger partial charge in [0.25, 0.3) is 0 Å². The van der Waals surface area contributed by atoms with E-state index in [1.54, 1.807) is 6.92 Å². The summed E-state index contributed by atoms with van der Waals surface area (Å²) in [5, 5.41) is 0. The van der Waals surface area contributed by atoms with Gasteiger partial charge in [-0.3, -0.25) is 0 Å². The van der Waals surface area contributed by atoms with Crippen LogP contribution >= 0.6 is 0 Å². The highest BCUT2D eigenvalue weighted by molar-refractivity contribution is 5.48. The summed E-state index contributed by atoms with van der Waals surface area (Å²) in [7, 11) is 0. The Labute approximate surface area is 185 Å². The van der Waals surface area contributed by atoms with Crippen molar-refractivity contribution < 1.29 is 18.9 Å². The minimum absolute atomic E-state index is 0.450. The quantitative estimate of drug-likeness (QED) is 0.619. The van der Waals surface area contributed by atoms with E-state index in [0.29, 0.717) is 13.2 Å². The second-order valence-electron chi connectivity index (χ2n) is 7.22. The molecule has 0 saturated heterocycles. The SMILES string of the molecule is CC#CCOc1cc2c(cc1CCC)CCO2.CC#CCOc1ccc2c(c1)CCO2. The van der Waals surface area contributed by atoms with Crippen LogP contribution in [0, 0.1) is 23.7 Å². The minimum Gasteiger partial charge on any atom is -0.493 e. The Morgan fingerprint density at radius 1 is 0.839 bits per heavy atom. The Kier molecular flexibility index (Phi) is 8.56. The van der Waals surface area contributed by atoms with Crippen LogP contribution in [0.2, 0.25) is 0 Å². The van der Waals surface area contributed by atoms with Gasteiger partial charge in [-0.15, -0.1) is 11.8 Å². The van der Waals surface area contributed by atoms with Crippen molar-refractivity contribution in [1.29, 1.82) is 0 Å². The molecular weight excluding hydrogens is 388 g/mol. The summed E-state index contributed by atoms with van der Waals surface area (Å²) in [5.41, 5.74) is 3.81. The van der Waals surface area contributed by atoms with Crippen LogP contribution in [-0.2, 0) is 19.3 Å². The summed E-state index contributed by atoms with van der Waals surface area (Å²) in [6.45, 7) is 8.29. The molecule has 2 aliphatic heterocycles. The third-order valence-electron chi connectivity index (χ3n) is 5.02. The molecule has 2 heterocycles. The first-order chi connectivity index (χ1) is 15.2. The van der Waals surface area contributed by atoms with Crippen LogP contribution in [0.5, 0.6) is 23.0 Å². The zero-order valence-electron chi connectivity index (χ0n) is 18.7. The topological polar surface area (TPSA) is 36.9 Å². The molecule has 0 N–H and O–H groups in total. The van der Waals surface area contributed by atoms with Crippen molar-refractivity contribution in [2.75, 3.05) is 26.4 Å². The van der Waals surface area contributed by atoms with Gasteiger partial charge >= 0.3 is 0 Å². The zero-order chi connectivity index (χ0) is 21.9. The molecule has 31 heavy (non-hydrogen) atoms. The van der Waals surface area contributed by atoms with Crippen LogP contribution in [0.3, 0.4) is 0 Å². The van der Waals surface area contributed by atoms with E-state index in [1.165, 1.54) is 16.7 Å². The molecule has 0 spiro atoms. The fraction of sp³-hybridized carbons (Fsp3) is 0.407. The van der Waals surface area contributed by atoms with E-state index in [-0.39, 0.29) is 0 Å². The highest BCUT2D eigenvalue weighted by Crippen LogP contribution is 2.33. The third-order valence-corrected chi connectivity index (χ3v) is 5.02. The molecule has 4 nitrogen and oxygen atoms in total. The van der Waals surface area contributed by atoms with Crippen molar-refractivity contribution in [3.63, 3.8) is 0 Å². The zero-order valence-corrected chi connectivity index (χ0v) is 18.7. The number of hydrogen-bond donors (Lipinski definition) is 0. The smallest absolute Gasteiger partial charge is 0.149 e. The van der Waals surface area contributed by atoms with E-state index in [2.05, 4.69) is 36.7 Å². The molecule has 0 atom stereocenters. The first-order valence-electron chi connectivity index (χ1n) is 10.8. The van der Waals surface area contributed by atoms with E-state index in [4.69, 9.17) is 18.9 Å². The second-order valence-corrected chi connectivity index (χ2v) is 7.22. The maximum absolute atomic E-state index is 5.70. The Balaban J connectivity index is 0.000000179. The van der Waals surface area contributed by atoms with Crippen LogP contribution in [0.15, 0.2) is 30.3 Å². The molecule has 162 valence electrons. The van der Waals surface area contributed by atoms with Gasteiger partial charge in [0.15, 0.2) is 0 Å². The maximum atomic E-state index is 5.70. The van der Waals surface area contributed by atoms with Crippen molar-refractivity contribution in [3.05, 3.63) is 47.0 Å².